The fourth-order valence-corrected chi connectivity index (χ4v) is 3.59. The number of nitrogens with two attached hydrogens (primary N) is 1. The Bertz CT molecular complexity index is 657. The summed E-state index contributed by atoms with van der Waals surface area (Å²) in [6, 6.07) is 0.126. The Morgan fingerprint density at radius 2 is 2.26 bits per heavy atom. The molecule has 2 saturated carbocycles. The van der Waals surface area contributed by atoms with Crippen molar-refractivity contribution in [1.29, 1.82) is 0 Å². The summed E-state index contributed by atoms with van der Waals surface area (Å²) in [5.41, 5.74) is 6.77. The number of fused-ring (bicyclic) bond motifs is 2. The summed E-state index contributed by atoms with van der Waals surface area (Å²) < 4.78 is 1.96. The highest BCUT2D eigenvalue weighted by atomic mass is 16.3. The van der Waals surface area contributed by atoms with Gasteiger partial charge in [-0.1, -0.05) is 0 Å². The molecule has 4 N–H and O–H groups in total. The third-order valence-corrected chi connectivity index (χ3v) is 4.81. The van der Waals surface area contributed by atoms with Gasteiger partial charge in [0.2, 0.25) is 0 Å². The van der Waals surface area contributed by atoms with Crippen molar-refractivity contribution in [2.45, 2.75) is 25.0 Å². The van der Waals surface area contributed by atoms with E-state index in [1.54, 1.807) is 6.33 Å². The molecule has 0 amide bonds. The van der Waals surface area contributed by atoms with E-state index in [9.17, 15) is 10.2 Å². The van der Waals surface area contributed by atoms with Crippen LogP contribution in [0.4, 0.5) is 5.82 Å². The maximum Gasteiger partial charge on any atom is 0.165 e. The Balaban J connectivity index is 1.79. The van der Waals surface area contributed by atoms with Crippen molar-refractivity contribution >= 4 is 17.0 Å². The first-order chi connectivity index (χ1) is 9.17. The average Bonchev–Trinajstić information content (AvgIpc) is 2.89. The van der Waals surface area contributed by atoms with E-state index in [-0.39, 0.29) is 18.1 Å². The molecule has 0 bridgehead atoms. The molecular formula is C12H15N5O2. The van der Waals surface area contributed by atoms with Crippen molar-refractivity contribution in [2.24, 2.45) is 11.3 Å². The highest BCUT2D eigenvalue weighted by molar-refractivity contribution is 5.81. The number of rotatable bonds is 2. The van der Waals surface area contributed by atoms with Crippen LogP contribution in [0.25, 0.3) is 11.2 Å². The van der Waals surface area contributed by atoms with E-state index < -0.39 is 6.10 Å². The molecule has 1 unspecified atom stereocenters. The molecule has 7 nitrogen and oxygen atoms in total. The van der Waals surface area contributed by atoms with Crippen LogP contribution in [0.2, 0.25) is 0 Å². The zero-order chi connectivity index (χ0) is 13.2. The topological polar surface area (TPSA) is 110 Å². The van der Waals surface area contributed by atoms with Gasteiger partial charge in [0.1, 0.15) is 11.8 Å². The van der Waals surface area contributed by atoms with E-state index in [0.717, 1.165) is 6.42 Å². The molecule has 0 aliphatic heterocycles. The van der Waals surface area contributed by atoms with Crippen LogP contribution in [-0.4, -0.2) is 42.4 Å². The molecule has 4 rings (SSSR count). The molecule has 2 aliphatic carbocycles. The van der Waals surface area contributed by atoms with Gasteiger partial charge in [0, 0.05) is 11.5 Å². The Kier molecular flexibility index (Phi) is 2.01. The lowest BCUT2D eigenvalue weighted by Crippen LogP contribution is -2.22. The molecule has 0 saturated heterocycles. The number of aliphatic hydroxyl groups excluding tert-OH is 2. The van der Waals surface area contributed by atoms with Crippen molar-refractivity contribution < 1.29 is 10.2 Å². The quantitative estimate of drug-likeness (QED) is 0.685. The van der Waals surface area contributed by atoms with Gasteiger partial charge in [-0.15, -0.1) is 0 Å². The Morgan fingerprint density at radius 1 is 1.42 bits per heavy atom. The van der Waals surface area contributed by atoms with Crippen LogP contribution in [0.3, 0.4) is 0 Å². The molecular weight excluding hydrogens is 246 g/mol. The lowest BCUT2D eigenvalue weighted by Gasteiger charge is -2.16. The highest BCUT2D eigenvalue weighted by Gasteiger charge is 2.67. The number of nitrogen functional groups attached to an aromatic ring is 1. The molecule has 0 aromatic carbocycles. The number of hydrogen-bond donors (Lipinski definition) is 3. The largest absolute Gasteiger partial charge is 0.396 e. The fraction of sp³-hybridized carbons (Fsp3) is 0.583. The summed E-state index contributed by atoms with van der Waals surface area (Å²) in [4.78, 5) is 12.4. The molecule has 2 heterocycles. The van der Waals surface area contributed by atoms with Gasteiger partial charge in [-0.3, -0.25) is 0 Å². The van der Waals surface area contributed by atoms with Gasteiger partial charge in [0.15, 0.2) is 11.5 Å². The van der Waals surface area contributed by atoms with E-state index in [1.165, 1.54) is 6.33 Å². The monoisotopic (exact) mass is 261 g/mol. The van der Waals surface area contributed by atoms with Gasteiger partial charge in [0.05, 0.1) is 19.0 Å². The minimum absolute atomic E-state index is 0.0408. The summed E-state index contributed by atoms with van der Waals surface area (Å²) in [7, 11) is 0. The minimum Gasteiger partial charge on any atom is -0.396 e. The average molecular weight is 261 g/mol. The third kappa shape index (κ3) is 1.26. The fourth-order valence-electron chi connectivity index (χ4n) is 3.59. The molecule has 2 aliphatic rings. The van der Waals surface area contributed by atoms with Gasteiger partial charge in [-0.25, -0.2) is 15.0 Å². The molecule has 2 aromatic rings. The maximum absolute atomic E-state index is 10.1. The third-order valence-electron chi connectivity index (χ3n) is 4.81. The van der Waals surface area contributed by atoms with Crippen molar-refractivity contribution in [1.82, 2.24) is 19.5 Å². The number of nitrogens with zero attached hydrogens (tertiary/aromatic N) is 4. The zero-order valence-corrected chi connectivity index (χ0v) is 10.3. The number of imidazole rings is 1. The van der Waals surface area contributed by atoms with Crippen LogP contribution in [-0.2, 0) is 0 Å². The first-order valence-corrected chi connectivity index (χ1v) is 6.39. The van der Waals surface area contributed by atoms with Crippen LogP contribution in [0.1, 0.15) is 18.9 Å². The molecule has 7 heteroatoms. The SMILES string of the molecule is Nc1ncnc2c1ncn2[C@H]1C[C@H](O)C2(CO)C[C@H]12. The summed E-state index contributed by atoms with van der Waals surface area (Å²) in [5.74, 6) is 0.660. The first kappa shape index (κ1) is 11.1. The summed E-state index contributed by atoms with van der Waals surface area (Å²) in [6.45, 7) is 0.0408. The smallest absolute Gasteiger partial charge is 0.165 e. The van der Waals surface area contributed by atoms with E-state index >= 15 is 0 Å². The van der Waals surface area contributed by atoms with Crippen LogP contribution in [0, 0.1) is 11.3 Å². The second-order valence-electron chi connectivity index (χ2n) is 5.60. The van der Waals surface area contributed by atoms with E-state index in [1.807, 2.05) is 4.57 Å². The molecule has 2 aromatic heterocycles. The maximum atomic E-state index is 10.1. The Morgan fingerprint density at radius 3 is 2.95 bits per heavy atom. The molecule has 0 spiro atoms. The zero-order valence-electron chi connectivity index (χ0n) is 10.3. The van der Waals surface area contributed by atoms with Crippen molar-refractivity contribution in [2.75, 3.05) is 12.3 Å². The second kappa shape index (κ2) is 3.43. The molecule has 4 atom stereocenters. The lowest BCUT2D eigenvalue weighted by molar-refractivity contribution is 0.0600. The summed E-state index contributed by atoms with van der Waals surface area (Å²) in [5, 5.41) is 19.6. The van der Waals surface area contributed by atoms with E-state index in [4.69, 9.17) is 5.73 Å². The number of hydrogen-bond acceptors (Lipinski definition) is 6. The lowest BCUT2D eigenvalue weighted by atomic mass is 10.0. The van der Waals surface area contributed by atoms with Gasteiger partial charge < -0.3 is 20.5 Å². The predicted molar refractivity (Wildman–Crippen MR) is 67.0 cm³/mol. The number of anilines is 1. The molecule has 0 radical (unpaired) electrons. The summed E-state index contributed by atoms with van der Waals surface area (Å²) in [6.07, 6.45) is 4.16. The van der Waals surface area contributed by atoms with Gasteiger partial charge in [0.25, 0.3) is 0 Å². The van der Waals surface area contributed by atoms with E-state index in [2.05, 4.69) is 15.0 Å². The Hall–Kier alpha value is -1.73. The van der Waals surface area contributed by atoms with Gasteiger partial charge >= 0.3 is 0 Å². The van der Waals surface area contributed by atoms with E-state index in [0.29, 0.717) is 29.3 Å². The summed E-state index contributed by atoms with van der Waals surface area (Å²) >= 11 is 0. The van der Waals surface area contributed by atoms with Crippen molar-refractivity contribution in [3.8, 4) is 0 Å². The number of aromatic nitrogens is 4. The van der Waals surface area contributed by atoms with Crippen LogP contribution in [0.15, 0.2) is 12.7 Å². The highest BCUT2D eigenvalue weighted by Crippen LogP contribution is 2.67. The van der Waals surface area contributed by atoms with Gasteiger partial charge in [-0.05, 0) is 18.8 Å². The molecule has 100 valence electrons. The molecule has 19 heavy (non-hydrogen) atoms. The van der Waals surface area contributed by atoms with Crippen LogP contribution < -0.4 is 5.73 Å². The standard InChI is InChI=1S/C12H15N5O2/c13-10-9-11(15-4-14-10)17(5-16-9)7-1-8(19)12(3-18)2-6(7)12/h4-8,18-19H,1-3H2,(H2,13,14,15)/t6-,7+,8+,12?/m1/s1. The first-order valence-electron chi connectivity index (χ1n) is 6.39. The number of aliphatic hydroxyl groups is 2. The normalized spacial score (nSPS) is 36.6. The minimum atomic E-state index is -0.455. The van der Waals surface area contributed by atoms with Crippen molar-refractivity contribution in [3.05, 3.63) is 12.7 Å². The van der Waals surface area contributed by atoms with Crippen LogP contribution in [0.5, 0.6) is 0 Å². The molecule has 2 fully saturated rings. The Labute approximate surface area is 109 Å². The van der Waals surface area contributed by atoms with Crippen molar-refractivity contribution in [3.63, 3.8) is 0 Å². The van der Waals surface area contributed by atoms with Gasteiger partial charge in [-0.2, -0.15) is 0 Å². The predicted octanol–water partition coefficient (Wildman–Crippen LogP) is -0.287. The second-order valence-corrected chi connectivity index (χ2v) is 5.60. The van der Waals surface area contributed by atoms with Crippen LogP contribution >= 0.6 is 0 Å².